The van der Waals surface area contributed by atoms with Crippen LogP contribution in [0.15, 0.2) is 30.3 Å². The van der Waals surface area contributed by atoms with E-state index >= 15 is 0 Å². The average molecular weight is 211 g/mol. The zero-order valence-corrected chi connectivity index (χ0v) is 9.44. The predicted molar refractivity (Wildman–Crippen MR) is 62.4 cm³/mol. The first kappa shape index (κ1) is 10.4. The largest absolute Gasteiger partial charge is 0.236 e. The second kappa shape index (κ2) is 4.19. The van der Waals surface area contributed by atoms with Gasteiger partial charge in [0.1, 0.15) is 6.07 Å². The second-order valence-electron chi connectivity index (χ2n) is 3.62. The van der Waals surface area contributed by atoms with Crippen LogP contribution in [0.5, 0.6) is 0 Å². The van der Waals surface area contributed by atoms with Gasteiger partial charge in [0.2, 0.25) is 0 Å². The summed E-state index contributed by atoms with van der Waals surface area (Å²) >= 11 is 0. The molecule has 0 unspecified atom stereocenters. The van der Waals surface area contributed by atoms with Gasteiger partial charge in [0.25, 0.3) is 0 Å². The van der Waals surface area contributed by atoms with Crippen LogP contribution in [0.25, 0.3) is 5.69 Å². The van der Waals surface area contributed by atoms with Crippen molar-refractivity contribution in [3.05, 3.63) is 47.3 Å². The lowest BCUT2D eigenvalue weighted by atomic mass is 10.1. The molecule has 0 aliphatic carbocycles. The van der Waals surface area contributed by atoms with Crippen molar-refractivity contribution in [3.8, 4) is 11.8 Å². The molecule has 1 aromatic carbocycles. The fourth-order valence-corrected chi connectivity index (χ4v) is 1.83. The summed E-state index contributed by atoms with van der Waals surface area (Å²) < 4.78 is 1.86. The van der Waals surface area contributed by atoms with Gasteiger partial charge in [-0.15, -0.1) is 0 Å². The minimum Gasteiger partial charge on any atom is -0.236 e. The first-order valence-corrected chi connectivity index (χ1v) is 5.32. The Bertz CT molecular complexity index is 532. The van der Waals surface area contributed by atoms with Crippen molar-refractivity contribution >= 4 is 0 Å². The van der Waals surface area contributed by atoms with Crippen LogP contribution in [0.3, 0.4) is 0 Å². The molecule has 80 valence electrons. The Hall–Kier alpha value is -2.08. The SMILES string of the molecule is CCc1c(C#N)c(C)nn1-c1ccccc1. The van der Waals surface area contributed by atoms with Crippen LogP contribution in [-0.4, -0.2) is 9.78 Å². The van der Waals surface area contributed by atoms with E-state index in [0.29, 0.717) is 5.56 Å². The van der Waals surface area contributed by atoms with E-state index in [9.17, 15) is 0 Å². The molecular formula is C13H13N3. The van der Waals surface area contributed by atoms with Gasteiger partial charge in [0.05, 0.1) is 22.6 Å². The highest BCUT2D eigenvalue weighted by Gasteiger charge is 2.13. The fourth-order valence-electron chi connectivity index (χ4n) is 1.83. The highest BCUT2D eigenvalue weighted by Crippen LogP contribution is 2.18. The highest BCUT2D eigenvalue weighted by molar-refractivity contribution is 5.43. The van der Waals surface area contributed by atoms with Crippen LogP contribution in [-0.2, 0) is 6.42 Å². The number of aromatic nitrogens is 2. The molecule has 0 aliphatic rings. The third-order valence-electron chi connectivity index (χ3n) is 2.60. The molecule has 0 saturated heterocycles. The van der Waals surface area contributed by atoms with Crippen LogP contribution in [0, 0.1) is 18.3 Å². The summed E-state index contributed by atoms with van der Waals surface area (Å²) in [7, 11) is 0. The van der Waals surface area contributed by atoms with Gasteiger partial charge in [-0.25, -0.2) is 4.68 Å². The van der Waals surface area contributed by atoms with E-state index in [0.717, 1.165) is 23.5 Å². The monoisotopic (exact) mass is 211 g/mol. The molecule has 0 N–H and O–H groups in total. The van der Waals surface area contributed by atoms with E-state index in [1.165, 1.54) is 0 Å². The van der Waals surface area contributed by atoms with Crippen molar-refractivity contribution < 1.29 is 0 Å². The summed E-state index contributed by atoms with van der Waals surface area (Å²) in [5.41, 5.74) is 3.48. The van der Waals surface area contributed by atoms with Crippen LogP contribution in [0.1, 0.15) is 23.9 Å². The Morgan fingerprint density at radius 2 is 2.00 bits per heavy atom. The van der Waals surface area contributed by atoms with Crippen molar-refractivity contribution in [2.45, 2.75) is 20.3 Å². The Balaban J connectivity index is 2.63. The lowest BCUT2D eigenvalue weighted by molar-refractivity contribution is 0.804. The summed E-state index contributed by atoms with van der Waals surface area (Å²) in [5, 5.41) is 13.5. The molecule has 0 bridgehead atoms. The molecule has 1 aromatic heterocycles. The minimum absolute atomic E-state index is 0.700. The molecule has 0 saturated carbocycles. The number of para-hydroxylation sites is 1. The first-order valence-electron chi connectivity index (χ1n) is 5.32. The van der Waals surface area contributed by atoms with E-state index < -0.39 is 0 Å². The predicted octanol–water partition coefficient (Wildman–Crippen LogP) is 2.61. The summed E-state index contributed by atoms with van der Waals surface area (Å²) in [6.07, 6.45) is 0.804. The third kappa shape index (κ3) is 1.59. The average Bonchev–Trinajstić information content (AvgIpc) is 2.66. The quantitative estimate of drug-likeness (QED) is 0.766. The molecule has 3 heteroatoms. The molecule has 0 aliphatic heterocycles. The molecule has 0 radical (unpaired) electrons. The Kier molecular flexibility index (Phi) is 2.74. The minimum atomic E-state index is 0.700. The van der Waals surface area contributed by atoms with Crippen LogP contribution in [0.4, 0.5) is 0 Å². The number of benzene rings is 1. The van der Waals surface area contributed by atoms with Gasteiger partial charge < -0.3 is 0 Å². The molecule has 0 atom stereocenters. The van der Waals surface area contributed by atoms with Gasteiger partial charge >= 0.3 is 0 Å². The highest BCUT2D eigenvalue weighted by atomic mass is 15.3. The van der Waals surface area contributed by atoms with Crippen molar-refractivity contribution in [2.75, 3.05) is 0 Å². The van der Waals surface area contributed by atoms with Gasteiger partial charge in [-0.3, -0.25) is 0 Å². The van der Waals surface area contributed by atoms with Gasteiger partial charge in [-0.2, -0.15) is 10.4 Å². The summed E-state index contributed by atoms with van der Waals surface area (Å²) in [5.74, 6) is 0. The number of hydrogen-bond donors (Lipinski definition) is 0. The second-order valence-corrected chi connectivity index (χ2v) is 3.62. The molecule has 16 heavy (non-hydrogen) atoms. The summed E-state index contributed by atoms with van der Waals surface area (Å²) in [6.45, 7) is 3.91. The van der Waals surface area contributed by atoms with Gasteiger partial charge in [0, 0.05) is 0 Å². The van der Waals surface area contributed by atoms with E-state index in [1.807, 2.05) is 48.9 Å². The van der Waals surface area contributed by atoms with Crippen LogP contribution >= 0.6 is 0 Å². The standard InChI is InChI=1S/C13H13N3/c1-3-13-12(9-14)10(2)15-16(13)11-7-5-4-6-8-11/h4-8H,3H2,1-2H3. The van der Waals surface area contributed by atoms with Crippen molar-refractivity contribution in [1.29, 1.82) is 5.26 Å². The smallest absolute Gasteiger partial charge is 0.103 e. The number of nitriles is 1. The Morgan fingerprint density at radius 3 is 2.56 bits per heavy atom. The van der Waals surface area contributed by atoms with Crippen molar-refractivity contribution in [2.24, 2.45) is 0 Å². The molecule has 2 rings (SSSR count). The fraction of sp³-hybridized carbons (Fsp3) is 0.231. The zero-order valence-electron chi connectivity index (χ0n) is 9.44. The number of nitrogens with zero attached hydrogens (tertiary/aromatic N) is 3. The number of rotatable bonds is 2. The Labute approximate surface area is 94.9 Å². The van der Waals surface area contributed by atoms with Crippen LogP contribution < -0.4 is 0 Å². The molecule has 1 heterocycles. The van der Waals surface area contributed by atoms with E-state index in [4.69, 9.17) is 5.26 Å². The lowest BCUT2D eigenvalue weighted by Crippen LogP contribution is -2.01. The maximum absolute atomic E-state index is 9.09. The molecule has 3 nitrogen and oxygen atoms in total. The maximum Gasteiger partial charge on any atom is 0.103 e. The molecule has 0 fully saturated rings. The van der Waals surface area contributed by atoms with Crippen molar-refractivity contribution in [3.63, 3.8) is 0 Å². The molecule has 2 aromatic rings. The van der Waals surface area contributed by atoms with Gasteiger partial charge in [-0.1, -0.05) is 25.1 Å². The van der Waals surface area contributed by atoms with Gasteiger partial charge in [0.15, 0.2) is 0 Å². The summed E-state index contributed by atoms with van der Waals surface area (Å²) in [4.78, 5) is 0. The lowest BCUT2D eigenvalue weighted by Gasteiger charge is -2.05. The molecule has 0 amide bonds. The third-order valence-corrected chi connectivity index (χ3v) is 2.60. The van der Waals surface area contributed by atoms with Crippen LogP contribution in [0.2, 0.25) is 0 Å². The molecular weight excluding hydrogens is 198 g/mol. The van der Waals surface area contributed by atoms with E-state index in [-0.39, 0.29) is 0 Å². The number of hydrogen-bond acceptors (Lipinski definition) is 2. The van der Waals surface area contributed by atoms with Crippen molar-refractivity contribution in [1.82, 2.24) is 9.78 Å². The van der Waals surface area contributed by atoms with E-state index in [2.05, 4.69) is 11.2 Å². The number of aryl methyl sites for hydroxylation is 1. The zero-order chi connectivity index (χ0) is 11.5. The topological polar surface area (TPSA) is 41.6 Å². The maximum atomic E-state index is 9.09. The van der Waals surface area contributed by atoms with Gasteiger partial charge in [-0.05, 0) is 25.5 Å². The summed E-state index contributed by atoms with van der Waals surface area (Å²) in [6, 6.07) is 12.1. The first-order chi connectivity index (χ1) is 7.77. The van der Waals surface area contributed by atoms with E-state index in [1.54, 1.807) is 0 Å². The normalized spacial score (nSPS) is 10.1. The Morgan fingerprint density at radius 1 is 1.31 bits per heavy atom. The molecule has 0 spiro atoms.